The number of aromatic nitrogens is 3. The summed E-state index contributed by atoms with van der Waals surface area (Å²) in [5.41, 5.74) is 4.37. The number of ether oxygens (including phenoxy) is 1. The van der Waals surface area contributed by atoms with Crippen molar-refractivity contribution in [3.63, 3.8) is 0 Å². The summed E-state index contributed by atoms with van der Waals surface area (Å²) < 4.78 is 20.1. The first-order valence-electron chi connectivity index (χ1n) is 9.10. The van der Waals surface area contributed by atoms with Crippen molar-refractivity contribution in [2.45, 2.75) is 26.7 Å². The molecule has 0 bridgehead atoms. The second-order valence-corrected chi connectivity index (χ2v) is 6.44. The van der Waals surface area contributed by atoms with Crippen LogP contribution in [0.5, 0.6) is 0 Å². The maximum atomic E-state index is 13.1. The molecule has 0 saturated heterocycles. The molecule has 144 valence electrons. The number of hydrogen-bond donors (Lipinski definition) is 0. The molecule has 6 heteroatoms. The van der Waals surface area contributed by atoms with E-state index in [0.29, 0.717) is 6.61 Å². The zero-order valence-corrected chi connectivity index (χ0v) is 15.9. The van der Waals surface area contributed by atoms with Crippen LogP contribution < -0.4 is 0 Å². The lowest BCUT2D eigenvalue weighted by Crippen LogP contribution is -2.03. The third-order valence-corrected chi connectivity index (χ3v) is 4.38. The smallest absolute Gasteiger partial charge is 0.330 e. The first kappa shape index (κ1) is 19.5. The van der Waals surface area contributed by atoms with Crippen molar-refractivity contribution in [1.82, 2.24) is 14.8 Å². The highest BCUT2D eigenvalue weighted by Gasteiger charge is 2.11. The van der Waals surface area contributed by atoms with E-state index in [9.17, 15) is 9.18 Å². The molecule has 3 aromatic rings. The Bertz CT molecular complexity index is 963. The van der Waals surface area contributed by atoms with Crippen LogP contribution in [-0.2, 0) is 16.0 Å². The summed E-state index contributed by atoms with van der Waals surface area (Å²) in [6.07, 6.45) is 8.22. The number of aryl methyl sites for hydroxylation is 2. The second kappa shape index (κ2) is 9.08. The zero-order chi connectivity index (χ0) is 19.9. The van der Waals surface area contributed by atoms with Crippen molar-refractivity contribution < 1.29 is 13.9 Å². The molecule has 0 aliphatic heterocycles. The first-order valence-corrected chi connectivity index (χ1v) is 9.10. The van der Waals surface area contributed by atoms with Gasteiger partial charge in [0.15, 0.2) is 0 Å². The molecule has 0 amide bonds. The van der Waals surface area contributed by atoms with Gasteiger partial charge in [0.1, 0.15) is 5.82 Å². The van der Waals surface area contributed by atoms with E-state index in [1.54, 1.807) is 29.1 Å². The van der Waals surface area contributed by atoms with Crippen LogP contribution in [0, 0.1) is 19.7 Å². The highest BCUT2D eigenvalue weighted by molar-refractivity contribution is 5.87. The molecule has 0 fully saturated rings. The first-order chi connectivity index (χ1) is 13.5. The molecule has 2 aromatic heterocycles. The van der Waals surface area contributed by atoms with Gasteiger partial charge in [-0.3, -0.25) is 4.98 Å². The number of pyridine rings is 1. The van der Waals surface area contributed by atoms with Crippen LogP contribution in [0.3, 0.4) is 0 Å². The molecule has 0 atom stereocenters. The molecule has 28 heavy (non-hydrogen) atoms. The van der Waals surface area contributed by atoms with E-state index in [1.165, 1.54) is 18.2 Å². The zero-order valence-electron chi connectivity index (χ0n) is 15.9. The van der Waals surface area contributed by atoms with Crippen LogP contribution >= 0.6 is 0 Å². The highest BCUT2D eigenvalue weighted by atomic mass is 19.1. The van der Waals surface area contributed by atoms with E-state index in [4.69, 9.17) is 4.74 Å². The minimum Gasteiger partial charge on any atom is -0.463 e. The maximum absolute atomic E-state index is 13.1. The number of halogens is 1. The topological polar surface area (TPSA) is 57.0 Å². The number of carbonyl (C=O) groups excluding carboxylic acids is 1. The lowest BCUT2D eigenvalue weighted by Gasteiger charge is -2.04. The molecule has 0 aliphatic carbocycles. The van der Waals surface area contributed by atoms with Crippen molar-refractivity contribution in [2.75, 3.05) is 6.61 Å². The third kappa shape index (κ3) is 4.91. The van der Waals surface area contributed by atoms with Crippen LogP contribution in [0.1, 0.15) is 28.9 Å². The van der Waals surface area contributed by atoms with Crippen LogP contribution in [0.25, 0.3) is 11.8 Å². The quantitative estimate of drug-likeness (QED) is 0.350. The summed E-state index contributed by atoms with van der Waals surface area (Å²) in [6, 6.07) is 10.0. The molecular formula is C22H22FN3O2. The fourth-order valence-corrected chi connectivity index (χ4v) is 2.92. The Balaban J connectivity index is 1.57. The fourth-order valence-electron chi connectivity index (χ4n) is 2.92. The van der Waals surface area contributed by atoms with Gasteiger partial charge in [-0.25, -0.2) is 13.9 Å². The molecule has 0 unspecified atom stereocenters. The molecule has 5 nitrogen and oxygen atoms in total. The maximum Gasteiger partial charge on any atom is 0.330 e. The molecule has 2 heterocycles. The van der Waals surface area contributed by atoms with Crippen LogP contribution in [0.2, 0.25) is 0 Å². The Morgan fingerprint density at radius 3 is 2.71 bits per heavy atom. The average Bonchev–Trinajstić information content (AvgIpc) is 2.99. The fraction of sp³-hybridized carbons (Fsp3) is 0.227. The summed E-state index contributed by atoms with van der Waals surface area (Å²) in [4.78, 5) is 16.0. The average molecular weight is 379 g/mol. The minimum atomic E-state index is -0.389. The van der Waals surface area contributed by atoms with Crippen molar-refractivity contribution >= 4 is 12.0 Å². The molecule has 1 aromatic carbocycles. The number of benzene rings is 1. The Hall–Kier alpha value is -3.28. The lowest BCUT2D eigenvalue weighted by molar-refractivity contribution is -0.137. The van der Waals surface area contributed by atoms with Gasteiger partial charge in [0.05, 0.1) is 18.0 Å². The Morgan fingerprint density at radius 2 is 2.00 bits per heavy atom. The normalized spacial score (nSPS) is 11.1. The summed E-state index contributed by atoms with van der Waals surface area (Å²) in [5, 5.41) is 4.48. The van der Waals surface area contributed by atoms with E-state index < -0.39 is 0 Å². The van der Waals surface area contributed by atoms with Crippen molar-refractivity contribution in [1.29, 1.82) is 0 Å². The van der Waals surface area contributed by atoms with Crippen molar-refractivity contribution in [3.05, 3.63) is 83.2 Å². The van der Waals surface area contributed by atoms with Crippen LogP contribution in [-0.4, -0.2) is 27.3 Å². The summed E-state index contributed by atoms with van der Waals surface area (Å²) in [7, 11) is 0. The molecule has 0 saturated carbocycles. The van der Waals surface area contributed by atoms with Gasteiger partial charge >= 0.3 is 5.97 Å². The Labute approximate surface area is 163 Å². The SMILES string of the molecule is Cc1nn(-c2ccc(F)cc2)c(C)c1/C=C/C(=O)OCCCc1cccnc1. The van der Waals surface area contributed by atoms with E-state index >= 15 is 0 Å². The number of hydrogen-bond acceptors (Lipinski definition) is 4. The number of esters is 1. The molecule has 0 radical (unpaired) electrons. The van der Waals surface area contributed by atoms with Crippen LogP contribution in [0.15, 0.2) is 54.9 Å². The van der Waals surface area contributed by atoms with E-state index in [-0.39, 0.29) is 11.8 Å². The van der Waals surface area contributed by atoms with E-state index in [2.05, 4.69) is 10.1 Å². The van der Waals surface area contributed by atoms with Gasteiger partial charge in [0.25, 0.3) is 0 Å². The summed E-state index contributed by atoms with van der Waals surface area (Å²) in [6.45, 7) is 4.12. The van der Waals surface area contributed by atoms with Crippen molar-refractivity contribution in [2.24, 2.45) is 0 Å². The van der Waals surface area contributed by atoms with E-state index in [1.807, 2.05) is 32.2 Å². The standard InChI is InChI=1S/C22H22FN3O2/c1-16-21(17(2)26(25-16)20-9-7-19(23)8-10-20)11-12-22(27)28-14-4-6-18-5-3-13-24-15-18/h3,5,7-13,15H,4,6,14H2,1-2H3/b12-11+. The number of nitrogens with zero attached hydrogens (tertiary/aromatic N) is 3. The molecule has 0 aliphatic rings. The third-order valence-electron chi connectivity index (χ3n) is 4.38. The highest BCUT2D eigenvalue weighted by Crippen LogP contribution is 2.19. The van der Waals surface area contributed by atoms with Gasteiger partial charge in [0, 0.05) is 29.7 Å². The van der Waals surface area contributed by atoms with Gasteiger partial charge in [-0.2, -0.15) is 5.10 Å². The summed E-state index contributed by atoms with van der Waals surface area (Å²) >= 11 is 0. The second-order valence-electron chi connectivity index (χ2n) is 6.44. The van der Waals surface area contributed by atoms with E-state index in [0.717, 1.165) is 41.0 Å². The molecule has 0 N–H and O–H groups in total. The van der Waals surface area contributed by atoms with Gasteiger partial charge in [-0.1, -0.05) is 6.07 Å². The summed E-state index contributed by atoms with van der Waals surface area (Å²) in [5.74, 6) is -0.684. The van der Waals surface area contributed by atoms with Gasteiger partial charge < -0.3 is 4.74 Å². The number of rotatable bonds is 7. The monoisotopic (exact) mass is 379 g/mol. The minimum absolute atomic E-state index is 0.295. The Kier molecular flexibility index (Phi) is 6.32. The van der Waals surface area contributed by atoms with Gasteiger partial charge in [0.2, 0.25) is 0 Å². The van der Waals surface area contributed by atoms with Gasteiger partial charge in [-0.15, -0.1) is 0 Å². The number of carbonyl (C=O) groups is 1. The van der Waals surface area contributed by atoms with Crippen LogP contribution in [0.4, 0.5) is 4.39 Å². The predicted octanol–water partition coefficient (Wildman–Crippen LogP) is 4.21. The largest absolute Gasteiger partial charge is 0.463 e. The van der Waals surface area contributed by atoms with Gasteiger partial charge in [-0.05, 0) is 68.7 Å². The van der Waals surface area contributed by atoms with Crippen molar-refractivity contribution in [3.8, 4) is 5.69 Å². The predicted molar refractivity (Wildman–Crippen MR) is 106 cm³/mol. The molecule has 3 rings (SSSR count). The molecular weight excluding hydrogens is 357 g/mol. The Morgan fingerprint density at radius 1 is 1.21 bits per heavy atom. The molecule has 0 spiro atoms. The lowest BCUT2D eigenvalue weighted by atomic mass is 10.2.